The van der Waals surface area contributed by atoms with Gasteiger partial charge in [0.1, 0.15) is 11.5 Å². The van der Waals surface area contributed by atoms with Gasteiger partial charge in [-0.05, 0) is 25.4 Å². The molecule has 0 aliphatic rings. The molecule has 0 saturated heterocycles. The van der Waals surface area contributed by atoms with Crippen LogP contribution < -0.4 is 0 Å². The van der Waals surface area contributed by atoms with Crippen LogP contribution in [0.5, 0.6) is 0 Å². The van der Waals surface area contributed by atoms with Gasteiger partial charge in [0.05, 0.1) is 5.69 Å². The van der Waals surface area contributed by atoms with Crippen LogP contribution >= 0.6 is 11.5 Å². The van der Waals surface area contributed by atoms with Gasteiger partial charge in [-0.2, -0.15) is 0 Å². The first-order valence-corrected chi connectivity index (χ1v) is 4.43. The Morgan fingerprint density at radius 1 is 1.67 bits per heavy atom. The molecule has 12 heavy (non-hydrogen) atoms. The van der Waals surface area contributed by atoms with Crippen LogP contribution in [0.1, 0.15) is 22.3 Å². The van der Waals surface area contributed by atoms with E-state index in [1.54, 1.807) is 6.92 Å². The molecule has 1 heterocycles. The Bertz CT molecular complexity index is 272. The molecule has 1 aromatic heterocycles. The molecule has 5 heteroatoms. The third kappa shape index (κ3) is 2.09. The number of hydrogen-bond acceptors (Lipinski definition) is 5. The molecule has 0 aliphatic carbocycles. The summed E-state index contributed by atoms with van der Waals surface area (Å²) >= 11 is 1.12. The lowest BCUT2D eigenvalue weighted by atomic mass is 10.3. The van der Waals surface area contributed by atoms with Crippen molar-refractivity contribution >= 4 is 17.3 Å². The first-order chi connectivity index (χ1) is 5.75. The molecule has 0 radical (unpaired) electrons. The first kappa shape index (κ1) is 9.28. The number of aromatic nitrogens is 2. The van der Waals surface area contributed by atoms with Crippen LogP contribution in [0.4, 0.5) is 0 Å². The maximum Gasteiger partial charge on any atom is 0.201 e. The van der Waals surface area contributed by atoms with Crippen LogP contribution in [0, 0.1) is 6.92 Å². The highest BCUT2D eigenvalue weighted by molar-refractivity contribution is 7.08. The van der Waals surface area contributed by atoms with Crippen LogP contribution in [0.15, 0.2) is 0 Å². The number of hydrogen-bond donors (Lipinski definition) is 0. The van der Waals surface area contributed by atoms with Crippen LogP contribution in [0.25, 0.3) is 0 Å². The zero-order chi connectivity index (χ0) is 8.97. The maximum atomic E-state index is 11.3. The molecule has 4 nitrogen and oxygen atoms in total. The second kappa shape index (κ2) is 4.27. The molecular formula is C7H10N2O2S. The van der Waals surface area contributed by atoms with Gasteiger partial charge in [0, 0.05) is 6.61 Å². The van der Waals surface area contributed by atoms with Gasteiger partial charge in [-0.15, -0.1) is 5.10 Å². The van der Waals surface area contributed by atoms with Gasteiger partial charge >= 0.3 is 0 Å². The number of rotatable bonds is 4. The number of ketones is 1. The standard InChI is InChI=1S/C7H10N2O2S/c1-3-11-4-6(10)7-5(2)8-9-12-7/h3-4H2,1-2H3. The van der Waals surface area contributed by atoms with Crippen LogP contribution in [-0.4, -0.2) is 28.6 Å². The van der Waals surface area contributed by atoms with Gasteiger partial charge in [0.15, 0.2) is 0 Å². The average molecular weight is 186 g/mol. The van der Waals surface area contributed by atoms with E-state index in [2.05, 4.69) is 9.59 Å². The fourth-order valence-electron chi connectivity index (χ4n) is 0.747. The SMILES string of the molecule is CCOCC(=O)c1snnc1C. The summed E-state index contributed by atoms with van der Waals surface area (Å²) in [4.78, 5) is 11.9. The fourth-order valence-corrected chi connectivity index (χ4v) is 1.33. The van der Waals surface area contributed by atoms with Gasteiger partial charge < -0.3 is 4.74 Å². The number of Topliss-reactive ketones (excluding diaryl/α,β-unsaturated/α-hetero) is 1. The predicted octanol–water partition coefficient (Wildman–Crippen LogP) is 1.07. The van der Waals surface area contributed by atoms with Crippen LogP contribution in [0.3, 0.4) is 0 Å². The topological polar surface area (TPSA) is 52.1 Å². The summed E-state index contributed by atoms with van der Waals surface area (Å²) in [6.07, 6.45) is 0. The van der Waals surface area contributed by atoms with E-state index in [1.807, 2.05) is 6.92 Å². The Morgan fingerprint density at radius 2 is 2.42 bits per heavy atom. The van der Waals surface area contributed by atoms with Crippen molar-refractivity contribution in [2.45, 2.75) is 13.8 Å². The number of ether oxygens (including phenoxy) is 1. The molecule has 0 fully saturated rings. The van der Waals surface area contributed by atoms with Crippen molar-refractivity contribution in [2.75, 3.05) is 13.2 Å². The quantitative estimate of drug-likeness (QED) is 0.660. The maximum absolute atomic E-state index is 11.3. The van der Waals surface area contributed by atoms with E-state index < -0.39 is 0 Å². The van der Waals surface area contributed by atoms with Gasteiger partial charge in [-0.3, -0.25) is 4.79 Å². The third-order valence-electron chi connectivity index (χ3n) is 1.34. The summed E-state index contributed by atoms with van der Waals surface area (Å²) < 4.78 is 8.64. The van der Waals surface area contributed by atoms with Crippen molar-refractivity contribution in [3.05, 3.63) is 10.6 Å². The van der Waals surface area contributed by atoms with Crippen molar-refractivity contribution in [2.24, 2.45) is 0 Å². The minimum Gasteiger partial charge on any atom is -0.374 e. The number of carbonyl (C=O) groups is 1. The number of aryl methyl sites for hydroxylation is 1. The molecule has 0 atom stereocenters. The van der Waals surface area contributed by atoms with Crippen molar-refractivity contribution in [3.8, 4) is 0 Å². The summed E-state index contributed by atoms with van der Waals surface area (Å²) in [5, 5.41) is 3.74. The van der Waals surface area contributed by atoms with E-state index in [0.29, 0.717) is 17.2 Å². The van der Waals surface area contributed by atoms with Crippen molar-refractivity contribution in [3.63, 3.8) is 0 Å². The lowest BCUT2D eigenvalue weighted by Gasteiger charge is -1.96. The lowest BCUT2D eigenvalue weighted by Crippen LogP contribution is -2.08. The smallest absolute Gasteiger partial charge is 0.201 e. The Morgan fingerprint density at radius 3 is 2.92 bits per heavy atom. The number of nitrogens with zero attached hydrogens (tertiary/aromatic N) is 2. The second-order valence-corrected chi connectivity index (χ2v) is 3.00. The molecule has 0 aromatic carbocycles. The lowest BCUT2D eigenvalue weighted by molar-refractivity contribution is 0.0786. The van der Waals surface area contributed by atoms with E-state index in [-0.39, 0.29) is 12.4 Å². The third-order valence-corrected chi connectivity index (χ3v) is 2.21. The monoisotopic (exact) mass is 186 g/mol. The zero-order valence-electron chi connectivity index (χ0n) is 7.03. The van der Waals surface area contributed by atoms with E-state index >= 15 is 0 Å². The highest BCUT2D eigenvalue weighted by atomic mass is 32.1. The fraction of sp³-hybridized carbons (Fsp3) is 0.571. The minimum absolute atomic E-state index is 0.0376. The molecule has 1 aromatic rings. The minimum atomic E-state index is -0.0376. The average Bonchev–Trinajstić information content (AvgIpc) is 2.47. The number of carbonyl (C=O) groups excluding carboxylic acids is 1. The first-order valence-electron chi connectivity index (χ1n) is 3.65. The summed E-state index contributed by atoms with van der Waals surface area (Å²) in [7, 11) is 0. The van der Waals surface area contributed by atoms with E-state index in [9.17, 15) is 4.79 Å². The Kier molecular flexibility index (Phi) is 3.31. The predicted molar refractivity (Wildman–Crippen MR) is 45.5 cm³/mol. The molecular weight excluding hydrogens is 176 g/mol. The summed E-state index contributed by atoms with van der Waals surface area (Å²) in [6.45, 7) is 4.30. The van der Waals surface area contributed by atoms with Gasteiger partial charge in [0.2, 0.25) is 5.78 Å². The van der Waals surface area contributed by atoms with Crippen molar-refractivity contribution in [1.82, 2.24) is 9.59 Å². The molecule has 66 valence electrons. The molecule has 0 amide bonds. The largest absolute Gasteiger partial charge is 0.374 e. The summed E-state index contributed by atoms with van der Waals surface area (Å²) in [5.74, 6) is -0.0376. The Hall–Kier alpha value is -0.810. The van der Waals surface area contributed by atoms with Crippen LogP contribution in [-0.2, 0) is 4.74 Å². The van der Waals surface area contributed by atoms with E-state index in [4.69, 9.17) is 4.74 Å². The Labute approximate surface area is 74.7 Å². The molecule has 0 bridgehead atoms. The molecule has 0 saturated carbocycles. The summed E-state index contributed by atoms with van der Waals surface area (Å²) in [5.41, 5.74) is 0.685. The Balaban J connectivity index is 2.59. The molecule has 0 unspecified atom stereocenters. The van der Waals surface area contributed by atoms with E-state index in [0.717, 1.165) is 11.5 Å². The van der Waals surface area contributed by atoms with Gasteiger partial charge in [0.25, 0.3) is 0 Å². The van der Waals surface area contributed by atoms with Gasteiger partial charge in [-0.1, -0.05) is 4.49 Å². The van der Waals surface area contributed by atoms with Gasteiger partial charge in [-0.25, -0.2) is 0 Å². The normalized spacial score (nSPS) is 10.2. The molecule has 0 aliphatic heterocycles. The van der Waals surface area contributed by atoms with Crippen LogP contribution in [0.2, 0.25) is 0 Å². The van der Waals surface area contributed by atoms with Crippen molar-refractivity contribution in [1.29, 1.82) is 0 Å². The van der Waals surface area contributed by atoms with Crippen molar-refractivity contribution < 1.29 is 9.53 Å². The molecule has 0 spiro atoms. The highest BCUT2D eigenvalue weighted by Gasteiger charge is 2.12. The second-order valence-electron chi connectivity index (χ2n) is 2.25. The summed E-state index contributed by atoms with van der Waals surface area (Å²) in [6, 6.07) is 0. The molecule has 0 N–H and O–H groups in total. The van der Waals surface area contributed by atoms with E-state index in [1.165, 1.54) is 0 Å². The molecule has 1 rings (SSSR count). The highest BCUT2D eigenvalue weighted by Crippen LogP contribution is 2.09. The zero-order valence-corrected chi connectivity index (χ0v) is 7.85.